The smallest absolute Gasteiger partial charge is 0.144 e. The summed E-state index contributed by atoms with van der Waals surface area (Å²) >= 11 is 5.99. The molecule has 3 N–H and O–H groups in total. The van der Waals surface area contributed by atoms with E-state index in [1.54, 1.807) is 20.3 Å². The minimum absolute atomic E-state index is 0.0166. The number of anilines is 1. The fraction of sp³-hybridized carbons (Fsp3) is 0.200. The normalized spacial score (nSPS) is 12.2. The van der Waals surface area contributed by atoms with Gasteiger partial charge in [-0.3, -0.25) is 0 Å². The Bertz CT molecular complexity index is 599. The van der Waals surface area contributed by atoms with E-state index in [0.717, 1.165) is 11.3 Å². The number of hydrogen-bond acceptors (Lipinski definition) is 4. The number of phenols is 1. The van der Waals surface area contributed by atoms with Gasteiger partial charge in [0.1, 0.15) is 17.6 Å². The van der Waals surface area contributed by atoms with Crippen LogP contribution in [0.2, 0.25) is 5.02 Å². The SMILES string of the molecule is COc1ccc(C(OC)c2cc(Cl)cc(N)c2O)cc1. The molecule has 0 aromatic heterocycles. The number of methoxy groups -OCH3 is 2. The maximum Gasteiger partial charge on any atom is 0.144 e. The van der Waals surface area contributed by atoms with E-state index in [1.165, 1.54) is 6.07 Å². The van der Waals surface area contributed by atoms with E-state index in [9.17, 15) is 5.11 Å². The number of hydrogen-bond donors (Lipinski definition) is 2. The number of phenolic OH excluding ortho intramolecular Hbond substituents is 1. The molecule has 0 bridgehead atoms. The van der Waals surface area contributed by atoms with Crippen LogP contribution in [0.5, 0.6) is 11.5 Å². The zero-order valence-electron chi connectivity index (χ0n) is 11.3. The molecule has 0 fully saturated rings. The number of rotatable bonds is 4. The summed E-state index contributed by atoms with van der Waals surface area (Å²) in [6.07, 6.45) is -0.457. The van der Waals surface area contributed by atoms with Crippen LogP contribution >= 0.6 is 11.6 Å². The van der Waals surface area contributed by atoms with Gasteiger partial charge in [-0.1, -0.05) is 23.7 Å². The van der Waals surface area contributed by atoms with Crippen molar-refractivity contribution in [2.75, 3.05) is 20.0 Å². The molecule has 1 atom stereocenters. The van der Waals surface area contributed by atoms with Crippen LogP contribution in [0.4, 0.5) is 5.69 Å². The van der Waals surface area contributed by atoms with Gasteiger partial charge < -0.3 is 20.3 Å². The third-order valence-corrected chi connectivity index (χ3v) is 3.29. The maximum absolute atomic E-state index is 10.1. The summed E-state index contributed by atoms with van der Waals surface area (Å²) in [5.74, 6) is 0.732. The molecule has 0 aliphatic heterocycles. The Morgan fingerprint density at radius 2 is 1.80 bits per heavy atom. The molecule has 0 aliphatic rings. The standard InChI is InChI=1S/C15H16ClNO3/c1-19-11-5-3-9(4-6-11)15(20-2)12-7-10(16)8-13(17)14(12)18/h3-8,15,18H,17H2,1-2H3. The van der Waals surface area contributed by atoms with Crippen LogP contribution in [-0.2, 0) is 4.74 Å². The highest BCUT2D eigenvalue weighted by Crippen LogP contribution is 2.38. The van der Waals surface area contributed by atoms with Crippen molar-refractivity contribution in [3.8, 4) is 11.5 Å². The lowest BCUT2D eigenvalue weighted by molar-refractivity contribution is 0.134. The predicted octanol–water partition coefficient (Wildman–Crippen LogP) is 3.37. The number of nitrogens with two attached hydrogens (primary N) is 1. The van der Waals surface area contributed by atoms with Gasteiger partial charge in [-0.05, 0) is 29.8 Å². The van der Waals surface area contributed by atoms with Gasteiger partial charge in [0.25, 0.3) is 0 Å². The first-order valence-corrected chi connectivity index (χ1v) is 6.39. The Morgan fingerprint density at radius 3 is 2.35 bits per heavy atom. The number of nitrogen functional groups attached to an aromatic ring is 1. The van der Waals surface area contributed by atoms with Gasteiger partial charge in [0.15, 0.2) is 0 Å². The van der Waals surface area contributed by atoms with E-state index in [2.05, 4.69) is 0 Å². The van der Waals surface area contributed by atoms with Crippen LogP contribution in [0.15, 0.2) is 36.4 Å². The van der Waals surface area contributed by atoms with Crippen LogP contribution in [0, 0.1) is 0 Å². The van der Waals surface area contributed by atoms with Crippen LogP contribution < -0.4 is 10.5 Å². The van der Waals surface area contributed by atoms with Crippen molar-refractivity contribution < 1.29 is 14.6 Å². The second-order valence-corrected chi connectivity index (χ2v) is 4.76. The third kappa shape index (κ3) is 2.81. The molecule has 2 aromatic rings. The second-order valence-electron chi connectivity index (χ2n) is 4.32. The summed E-state index contributed by atoms with van der Waals surface area (Å²) in [6, 6.07) is 10.5. The summed E-state index contributed by atoms with van der Waals surface area (Å²) in [4.78, 5) is 0. The first-order chi connectivity index (χ1) is 9.56. The minimum atomic E-state index is -0.457. The van der Waals surface area contributed by atoms with Gasteiger partial charge in [-0.15, -0.1) is 0 Å². The molecule has 5 heteroatoms. The summed E-state index contributed by atoms with van der Waals surface area (Å²) < 4.78 is 10.6. The lowest BCUT2D eigenvalue weighted by atomic mass is 9.99. The highest BCUT2D eigenvalue weighted by Gasteiger charge is 2.19. The van der Waals surface area contributed by atoms with Gasteiger partial charge in [0, 0.05) is 17.7 Å². The fourth-order valence-electron chi connectivity index (χ4n) is 2.06. The zero-order chi connectivity index (χ0) is 14.7. The van der Waals surface area contributed by atoms with E-state index < -0.39 is 6.10 Å². The van der Waals surface area contributed by atoms with Gasteiger partial charge in [0.05, 0.1) is 12.8 Å². The van der Waals surface area contributed by atoms with E-state index in [1.807, 2.05) is 24.3 Å². The van der Waals surface area contributed by atoms with E-state index in [-0.39, 0.29) is 11.4 Å². The van der Waals surface area contributed by atoms with Crippen LogP contribution in [0.1, 0.15) is 17.2 Å². The monoisotopic (exact) mass is 293 g/mol. The predicted molar refractivity (Wildman–Crippen MR) is 79.4 cm³/mol. The highest BCUT2D eigenvalue weighted by molar-refractivity contribution is 6.31. The molecule has 4 nitrogen and oxygen atoms in total. The first kappa shape index (κ1) is 14.5. The number of halogens is 1. The van der Waals surface area contributed by atoms with Gasteiger partial charge in [-0.25, -0.2) is 0 Å². The van der Waals surface area contributed by atoms with Crippen molar-refractivity contribution in [3.63, 3.8) is 0 Å². The Hall–Kier alpha value is -1.91. The molecular weight excluding hydrogens is 278 g/mol. The molecule has 2 aromatic carbocycles. The Labute approximate surface area is 122 Å². The van der Waals surface area contributed by atoms with Crippen molar-refractivity contribution in [1.82, 2.24) is 0 Å². The van der Waals surface area contributed by atoms with E-state index in [0.29, 0.717) is 10.6 Å². The summed E-state index contributed by atoms with van der Waals surface area (Å²) in [7, 11) is 3.16. The Morgan fingerprint density at radius 1 is 1.15 bits per heavy atom. The number of benzene rings is 2. The minimum Gasteiger partial charge on any atom is -0.505 e. The third-order valence-electron chi connectivity index (χ3n) is 3.07. The summed E-state index contributed by atoms with van der Waals surface area (Å²) in [5, 5.41) is 10.5. The zero-order valence-corrected chi connectivity index (χ0v) is 12.0. The largest absolute Gasteiger partial charge is 0.505 e. The molecule has 0 saturated carbocycles. The second kappa shape index (κ2) is 6.03. The van der Waals surface area contributed by atoms with Crippen LogP contribution in [0.25, 0.3) is 0 Å². The fourth-order valence-corrected chi connectivity index (χ4v) is 2.30. The van der Waals surface area contributed by atoms with E-state index >= 15 is 0 Å². The molecule has 0 amide bonds. The van der Waals surface area contributed by atoms with Crippen LogP contribution in [0.3, 0.4) is 0 Å². The molecule has 0 heterocycles. The molecular formula is C15H16ClNO3. The average molecular weight is 294 g/mol. The molecule has 0 spiro atoms. The molecule has 0 saturated heterocycles. The molecule has 106 valence electrons. The first-order valence-electron chi connectivity index (χ1n) is 6.01. The van der Waals surface area contributed by atoms with Crippen LogP contribution in [-0.4, -0.2) is 19.3 Å². The topological polar surface area (TPSA) is 64.7 Å². The van der Waals surface area contributed by atoms with Crippen molar-refractivity contribution >= 4 is 17.3 Å². The molecule has 20 heavy (non-hydrogen) atoms. The quantitative estimate of drug-likeness (QED) is 0.670. The molecule has 0 aliphatic carbocycles. The number of ether oxygens (including phenoxy) is 2. The van der Waals surface area contributed by atoms with Gasteiger partial charge in [0.2, 0.25) is 0 Å². The Kier molecular flexibility index (Phi) is 4.37. The van der Waals surface area contributed by atoms with Crippen molar-refractivity contribution in [1.29, 1.82) is 0 Å². The van der Waals surface area contributed by atoms with E-state index in [4.69, 9.17) is 26.8 Å². The van der Waals surface area contributed by atoms with Gasteiger partial charge >= 0.3 is 0 Å². The summed E-state index contributed by atoms with van der Waals surface area (Å²) in [6.45, 7) is 0. The molecule has 1 unspecified atom stereocenters. The van der Waals surface area contributed by atoms with Gasteiger partial charge in [-0.2, -0.15) is 0 Å². The molecule has 0 radical (unpaired) electrons. The highest BCUT2D eigenvalue weighted by atomic mass is 35.5. The van der Waals surface area contributed by atoms with Crippen molar-refractivity contribution in [2.24, 2.45) is 0 Å². The maximum atomic E-state index is 10.1. The Balaban J connectivity index is 2.46. The number of aromatic hydroxyl groups is 1. The lowest BCUT2D eigenvalue weighted by Crippen LogP contribution is -2.05. The summed E-state index contributed by atoms with van der Waals surface area (Å²) in [5.41, 5.74) is 7.35. The van der Waals surface area contributed by atoms with Crippen molar-refractivity contribution in [3.05, 3.63) is 52.5 Å². The molecule has 2 rings (SSSR count). The van der Waals surface area contributed by atoms with Crippen molar-refractivity contribution in [2.45, 2.75) is 6.10 Å². The average Bonchev–Trinajstić information content (AvgIpc) is 2.45. The lowest BCUT2D eigenvalue weighted by Gasteiger charge is -2.19.